The first-order valence-electron chi connectivity index (χ1n) is 4.07. The van der Waals surface area contributed by atoms with Gasteiger partial charge in [0.15, 0.2) is 0 Å². The number of phenols is 1. The van der Waals surface area contributed by atoms with Gasteiger partial charge in [0.25, 0.3) is 0 Å². The molecule has 66 valence electrons. The van der Waals surface area contributed by atoms with E-state index in [0.717, 1.165) is 16.5 Å². The summed E-state index contributed by atoms with van der Waals surface area (Å²) in [4.78, 5) is 0. The van der Waals surface area contributed by atoms with Crippen molar-refractivity contribution in [3.05, 3.63) is 36.4 Å². The maximum atomic E-state index is 9.25. The zero-order valence-corrected chi connectivity index (χ0v) is 7.32. The Morgan fingerprint density at radius 2 is 2.00 bits per heavy atom. The molecule has 0 aliphatic heterocycles. The molecule has 0 aromatic heterocycles. The number of hydrogen-bond donors (Lipinski definition) is 1. The lowest BCUT2D eigenvalue weighted by Crippen LogP contribution is -1.83. The van der Waals surface area contributed by atoms with E-state index in [2.05, 4.69) is 0 Å². The lowest BCUT2D eigenvalue weighted by Gasteiger charge is -2.04. The van der Waals surface area contributed by atoms with Gasteiger partial charge < -0.3 is 9.84 Å². The molecule has 2 aromatic rings. The fourth-order valence-corrected chi connectivity index (χ4v) is 1.42. The molecule has 0 amide bonds. The highest BCUT2D eigenvalue weighted by atomic mass is 16.5. The standard InChI is InChI=1S/C11H10O2/c1-13-11-4-2-3-8-7-9(12)5-6-10(8)11/h2-7,12H,1H3. The van der Waals surface area contributed by atoms with Crippen LogP contribution in [0.2, 0.25) is 0 Å². The van der Waals surface area contributed by atoms with Gasteiger partial charge in [0.05, 0.1) is 7.11 Å². The van der Waals surface area contributed by atoms with Crippen molar-refractivity contribution in [3.8, 4) is 11.5 Å². The molecule has 0 unspecified atom stereocenters. The normalized spacial score (nSPS) is 10.2. The number of aromatic hydroxyl groups is 1. The van der Waals surface area contributed by atoms with Crippen molar-refractivity contribution < 1.29 is 9.84 Å². The Kier molecular flexibility index (Phi) is 1.81. The summed E-state index contributed by atoms with van der Waals surface area (Å²) < 4.78 is 5.19. The van der Waals surface area contributed by atoms with Gasteiger partial charge in [-0.15, -0.1) is 0 Å². The summed E-state index contributed by atoms with van der Waals surface area (Å²) in [5.41, 5.74) is 0. The van der Waals surface area contributed by atoms with Crippen LogP contribution < -0.4 is 4.74 Å². The summed E-state index contributed by atoms with van der Waals surface area (Å²) in [7, 11) is 1.64. The summed E-state index contributed by atoms with van der Waals surface area (Å²) >= 11 is 0. The average Bonchev–Trinajstić information content (AvgIpc) is 2.16. The van der Waals surface area contributed by atoms with Crippen LogP contribution in [-0.2, 0) is 0 Å². The van der Waals surface area contributed by atoms with Crippen LogP contribution in [0.15, 0.2) is 36.4 Å². The molecule has 2 heteroatoms. The van der Waals surface area contributed by atoms with Crippen molar-refractivity contribution in [1.29, 1.82) is 0 Å². The molecule has 0 bridgehead atoms. The van der Waals surface area contributed by atoms with Crippen molar-refractivity contribution >= 4 is 10.8 Å². The highest BCUT2D eigenvalue weighted by Gasteiger charge is 2.00. The van der Waals surface area contributed by atoms with Crippen LogP contribution in [0.4, 0.5) is 0 Å². The van der Waals surface area contributed by atoms with E-state index in [0.29, 0.717) is 0 Å². The van der Waals surface area contributed by atoms with E-state index in [1.165, 1.54) is 0 Å². The molecule has 0 aliphatic rings. The van der Waals surface area contributed by atoms with Crippen molar-refractivity contribution in [3.63, 3.8) is 0 Å². The number of benzene rings is 2. The van der Waals surface area contributed by atoms with Crippen LogP contribution in [0.1, 0.15) is 0 Å². The maximum Gasteiger partial charge on any atom is 0.126 e. The van der Waals surface area contributed by atoms with Gasteiger partial charge in [0.1, 0.15) is 11.5 Å². The van der Waals surface area contributed by atoms with Gasteiger partial charge in [-0.1, -0.05) is 12.1 Å². The summed E-state index contributed by atoms with van der Waals surface area (Å²) in [6.45, 7) is 0. The van der Waals surface area contributed by atoms with Crippen LogP contribution in [0.3, 0.4) is 0 Å². The molecular weight excluding hydrogens is 164 g/mol. The largest absolute Gasteiger partial charge is 0.508 e. The van der Waals surface area contributed by atoms with E-state index < -0.39 is 0 Å². The van der Waals surface area contributed by atoms with Crippen molar-refractivity contribution in [2.75, 3.05) is 7.11 Å². The second-order valence-corrected chi connectivity index (χ2v) is 2.87. The molecule has 0 heterocycles. The van der Waals surface area contributed by atoms with E-state index in [4.69, 9.17) is 4.74 Å². The van der Waals surface area contributed by atoms with E-state index in [9.17, 15) is 5.11 Å². The van der Waals surface area contributed by atoms with Gasteiger partial charge >= 0.3 is 0 Å². The van der Waals surface area contributed by atoms with E-state index in [1.54, 1.807) is 19.2 Å². The zero-order valence-electron chi connectivity index (χ0n) is 7.32. The Balaban J connectivity index is 2.77. The average molecular weight is 174 g/mol. The van der Waals surface area contributed by atoms with Crippen LogP contribution in [0.25, 0.3) is 10.8 Å². The van der Waals surface area contributed by atoms with E-state index in [-0.39, 0.29) is 5.75 Å². The first-order chi connectivity index (χ1) is 6.31. The second kappa shape index (κ2) is 2.98. The Hall–Kier alpha value is -1.70. The molecule has 0 saturated carbocycles. The first-order valence-corrected chi connectivity index (χ1v) is 4.07. The molecule has 0 aliphatic carbocycles. The van der Waals surface area contributed by atoms with Gasteiger partial charge in [-0.05, 0) is 29.7 Å². The molecule has 2 rings (SSSR count). The fraction of sp³-hybridized carbons (Fsp3) is 0.0909. The summed E-state index contributed by atoms with van der Waals surface area (Å²) in [5, 5.41) is 11.3. The Morgan fingerprint density at radius 1 is 1.15 bits per heavy atom. The Morgan fingerprint density at radius 3 is 2.77 bits per heavy atom. The number of ether oxygens (including phenoxy) is 1. The van der Waals surface area contributed by atoms with E-state index >= 15 is 0 Å². The number of methoxy groups -OCH3 is 1. The summed E-state index contributed by atoms with van der Waals surface area (Å²) in [6, 6.07) is 11.0. The van der Waals surface area contributed by atoms with Gasteiger partial charge in [-0.3, -0.25) is 0 Å². The smallest absolute Gasteiger partial charge is 0.126 e. The summed E-state index contributed by atoms with van der Waals surface area (Å²) in [5.74, 6) is 1.11. The Labute approximate surface area is 76.4 Å². The third-order valence-corrected chi connectivity index (χ3v) is 2.04. The molecule has 1 N–H and O–H groups in total. The molecule has 2 aromatic carbocycles. The minimum Gasteiger partial charge on any atom is -0.508 e. The monoisotopic (exact) mass is 174 g/mol. The molecule has 2 nitrogen and oxygen atoms in total. The van der Waals surface area contributed by atoms with Crippen LogP contribution in [0, 0.1) is 0 Å². The van der Waals surface area contributed by atoms with Crippen molar-refractivity contribution in [1.82, 2.24) is 0 Å². The minimum atomic E-state index is 0.278. The first kappa shape index (κ1) is 7.92. The predicted octanol–water partition coefficient (Wildman–Crippen LogP) is 2.55. The lowest BCUT2D eigenvalue weighted by molar-refractivity contribution is 0.419. The highest BCUT2D eigenvalue weighted by Crippen LogP contribution is 2.27. The quantitative estimate of drug-likeness (QED) is 0.719. The highest BCUT2D eigenvalue weighted by molar-refractivity contribution is 5.89. The lowest BCUT2D eigenvalue weighted by atomic mass is 10.1. The van der Waals surface area contributed by atoms with Gasteiger partial charge in [0.2, 0.25) is 0 Å². The molecule has 0 saturated heterocycles. The fourth-order valence-electron chi connectivity index (χ4n) is 1.42. The van der Waals surface area contributed by atoms with Crippen LogP contribution >= 0.6 is 0 Å². The molecule has 0 atom stereocenters. The predicted molar refractivity (Wildman–Crippen MR) is 52.2 cm³/mol. The topological polar surface area (TPSA) is 29.5 Å². The third kappa shape index (κ3) is 1.31. The third-order valence-electron chi connectivity index (χ3n) is 2.04. The molecule has 0 fully saturated rings. The number of rotatable bonds is 1. The summed E-state index contributed by atoms with van der Waals surface area (Å²) in [6.07, 6.45) is 0. The van der Waals surface area contributed by atoms with Gasteiger partial charge in [-0.2, -0.15) is 0 Å². The van der Waals surface area contributed by atoms with E-state index in [1.807, 2.05) is 24.3 Å². The molecule has 0 spiro atoms. The Bertz CT molecular complexity index is 435. The van der Waals surface area contributed by atoms with Crippen LogP contribution in [0.5, 0.6) is 11.5 Å². The molecular formula is C11H10O2. The molecule has 13 heavy (non-hydrogen) atoms. The van der Waals surface area contributed by atoms with Crippen molar-refractivity contribution in [2.45, 2.75) is 0 Å². The SMILES string of the molecule is COc1cccc2cc(O)ccc12. The molecule has 0 radical (unpaired) electrons. The van der Waals surface area contributed by atoms with Crippen molar-refractivity contribution in [2.24, 2.45) is 0 Å². The zero-order chi connectivity index (χ0) is 9.26. The number of hydrogen-bond acceptors (Lipinski definition) is 2. The van der Waals surface area contributed by atoms with Gasteiger partial charge in [0, 0.05) is 5.39 Å². The van der Waals surface area contributed by atoms with Gasteiger partial charge in [-0.25, -0.2) is 0 Å². The van der Waals surface area contributed by atoms with Crippen LogP contribution in [-0.4, -0.2) is 12.2 Å². The second-order valence-electron chi connectivity index (χ2n) is 2.87. The maximum absolute atomic E-state index is 9.25. The number of phenolic OH excluding ortho intramolecular Hbond substituents is 1. The number of fused-ring (bicyclic) bond motifs is 1. The minimum absolute atomic E-state index is 0.278.